The molecule has 0 saturated carbocycles. The van der Waals surface area contributed by atoms with Gasteiger partial charge in [-0.05, 0) is 23.1 Å². The molecule has 0 unspecified atom stereocenters. The van der Waals surface area contributed by atoms with Gasteiger partial charge >= 0.3 is 6.18 Å². The van der Waals surface area contributed by atoms with Gasteiger partial charge in [0.05, 0.1) is 5.56 Å². The van der Waals surface area contributed by atoms with E-state index in [-0.39, 0.29) is 41.3 Å². The molecule has 1 fully saturated rings. The van der Waals surface area contributed by atoms with Gasteiger partial charge in [0.1, 0.15) is 0 Å². The minimum Gasteiger partial charge on any atom is -0.314 e. The normalized spacial score (nSPS) is 17.6. The highest BCUT2D eigenvalue weighted by Gasteiger charge is 2.40. The van der Waals surface area contributed by atoms with Gasteiger partial charge in [-0.3, -0.25) is 4.90 Å². The van der Waals surface area contributed by atoms with Crippen LogP contribution in [-0.2, 0) is 6.18 Å². The minimum absolute atomic E-state index is 0. The number of nitrogens with zero attached hydrogens (tertiary/aromatic N) is 1. The Kier molecular flexibility index (Phi) is 8.87. The highest BCUT2D eigenvalue weighted by molar-refractivity contribution is 6.30. The Balaban J connectivity index is 0.00000264. The van der Waals surface area contributed by atoms with Crippen molar-refractivity contribution in [1.29, 1.82) is 0 Å². The van der Waals surface area contributed by atoms with E-state index in [0.29, 0.717) is 5.56 Å². The predicted octanol–water partition coefficient (Wildman–Crippen LogP) is 5.19. The smallest absolute Gasteiger partial charge is 0.314 e. The van der Waals surface area contributed by atoms with E-state index >= 15 is 0 Å². The Morgan fingerprint density at radius 1 is 1.08 bits per heavy atom. The summed E-state index contributed by atoms with van der Waals surface area (Å²) < 4.78 is 40.4. The number of piperazine rings is 1. The minimum atomic E-state index is -4.40. The Bertz CT molecular complexity index is 524. The first-order valence-corrected chi connectivity index (χ1v) is 7.80. The first kappa shape index (κ1) is 23.8. The quantitative estimate of drug-likeness (QED) is 0.725. The molecule has 1 aliphatic heterocycles. The van der Waals surface area contributed by atoms with Crippen LogP contribution in [-0.4, -0.2) is 31.1 Å². The molecule has 1 aliphatic rings. The molecule has 1 heterocycles. The lowest BCUT2D eigenvalue weighted by Gasteiger charge is -2.43. The average Bonchev–Trinajstić information content (AvgIpc) is 2.39. The van der Waals surface area contributed by atoms with Crippen molar-refractivity contribution in [2.75, 3.05) is 26.2 Å². The van der Waals surface area contributed by atoms with E-state index in [1.807, 2.05) is 20.8 Å². The van der Waals surface area contributed by atoms with Crippen molar-refractivity contribution < 1.29 is 13.2 Å². The molecule has 1 saturated heterocycles. The van der Waals surface area contributed by atoms with E-state index < -0.39 is 11.7 Å². The maximum Gasteiger partial charge on any atom is 0.416 e. The summed E-state index contributed by atoms with van der Waals surface area (Å²) in [5.74, 6) is 0. The summed E-state index contributed by atoms with van der Waals surface area (Å²) in [6.45, 7) is 9.00. The molecule has 24 heavy (non-hydrogen) atoms. The highest BCUT2D eigenvalue weighted by Crippen LogP contribution is 2.44. The first-order valence-electron chi connectivity index (χ1n) is 7.42. The van der Waals surface area contributed by atoms with Crippen LogP contribution in [0.3, 0.4) is 0 Å². The molecule has 1 atom stereocenters. The van der Waals surface area contributed by atoms with Crippen LogP contribution < -0.4 is 5.32 Å². The average molecular weight is 408 g/mol. The summed E-state index contributed by atoms with van der Waals surface area (Å²) in [6.07, 6.45) is -4.40. The highest BCUT2D eigenvalue weighted by atomic mass is 35.5. The molecular weight excluding hydrogens is 384 g/mol. The fraction of sp³-hybridized carbons (Fsp3) is 0.625. The fourth-order valence-corrected chi connectivity index (χ4v) is 3.34. The molecule has 0 amide bonds. The molecule has 8 heteroatoms. The van der Waals surface area contributed by atoms with Crippen LogP contribution in [0.4, 0.5) is 13.2 Å². The van der Waals surface area contributed by atoms with Gasteiger partial charge in [0.15, 0.2) is 0 Å². The van der Waals surface area contributed by atoms with E-state index in [1.165, 1.54) is 6.07 Å². The Hall–Kier alpha value is -0.200. The molecule has 2 nitrogen and oxygen atoms in total. The van der Waals surface area contributed by atoms with Crippen molar-refractivity contribution in [3.05, 3.63) is 34.3 Å². The topological polar surface area (TPSA) is 15.3 Å². The summed E-state index contributed by atoms with van der Waals surface area (Å²) >= 11 is 5.80. The second-order valence-corrected chi connectivity index (χ2v) is 7.22. The van der Waals surface area contributed by atoms with Gasteiger partial charge in [0.2, 0.25) is 0 Å². The second-order valence-electron chi connectivity index (χ2n) is 6.78. The summed E-state index contributed by atoms with van der Waals surface area (Å²) in [6, 6.07) is 3.82. The predicted molar refractivity (Wildman–Crippen MR) is 97.6 cm³/mol. The molecular formula is C16H24Cl3F3N2. The van der Waals surface area contributed by atoms with Crippen LogP contribution in [0.1, 0.15) is 37.9 Å². The van der Waals surface area contributed by atoms with E-state index in [4.69, 9.17) is 11.6 Å². The zero-order valence-electron chi connectivity index (χ0n) is 13.9. The van der Waals surface area contributed by atoms with Crippen molar-refractivity contribution in [3.63, 3.8) is 0 Å². The molecule has 1 N–H and O–H groups in total. The maximum atomic E-state index is 13.5. The number of hydrogen-bond acceptors (Lipinski definition) is 2. The third-order valence-corrected chi connectivity index (χ3v) is 4.19. The third kappa shape index (κ3) is 5.67. The van der Waals surface area contributed by atoms with Crippen LogP contribution in [0.5, 0.6) is 0 Å². The van der Waals surface area contributed by atoms with E-state index in [9.17, 15) is 13.2 Å². The van der Waals surface area contributed by atoms with E-state index in [1.54, 1.807) is 6.07 Å². The number of halogens is 6. The van der Waals surface area contributed by atoms with E-state index in [0.717, 1.165) is 32.2 Å². The van der Waals surface area contributed by atoms with Crippen LogP contribution in [0.15, 0.2) is 18.2 Å². The zero-order valence-corrected chi connectivity index (χ0v) is 16.3. The lowest BCUT2D eigenvalue weighted by Crippen LogP contribution is -2.48. The summed E-state index contributed by atoms with van der Waals surface area (Å²) in [7, 11) is 0. The fourth-order valence-electron chi connectivity index (χ4n) is 3.16. The van der Waals surface area contributed by atoms with Gasteiger partial charge in [-0.25, -0.2) is 0 Å². The molecule has 0 spiro atoms. The molecule has 1 aromatic carbocycles. The van der Waals surface area contributed by atoms with Gasteiger partial charge in [0.25, 0.3) is 0 Å². The summed E-state index contributed by atoms with van der Waals surface area (Å²) in [5, 5.41) is 3.36. The van der Waals surface area contributed by atoms with Crippen LogP contribution in [0, 0.1) is 5.41 Å². The first-order chi connectivity index (χ1) is 10.1. The van der Waals surface area contributed by atoms with Gasteiger partial charge < -0.3 is 5.32 Å². The lowest BCUT2D eigenvalue weighted by atomic mass is 9.79. The van der Waals surface area contributed by atoms with E-state index in [2.05, 4.69) is 10.2 Å². The number of nitrogens with one attached hydrogen (secondary N) is 1. The Morgan fingerprint density at radius 3 is 2.08 bits per heavy atom. The summed E-state index contributed by atoms with van der Waals surface area (Å²) in [4.78, 5) is 2.13. The van der Waals surface area contributed by atoms with Crippen molar-refractivity contribution in [2.24, 2.45) is 5.41 Å². The Morgan fingerprint density at radius 2 is 1.62 bits per heavy atom. The lowest BCUT2D eigenvalue weighted by molar-refractivity contribution is -0.139. The number of benzene rings is 1. The number of alkyl halides is 3. The number of hydrogen-bond donors (Lipinski definition) is 1. The Labute approximate surface area is 158 Å². The molecule has 1 aromatic rings. The molecule has 2 rings (SSSR count). The standard InChI is InChI=1S/C16H22ClF3N2.2ClH/c1-15(2,3)14(22-8-6-21-7-9-22)12-5-4-11(17)10-13(12)16(18,19)20;;/h4-5,10,14,21H,6-9H2,1-3H3;2*1H/t14-;;/m0../s1. The second kappa shape index (κ2) is 8.95. The van der Waals surface area contributed by atoms with Gasteiger partial charge in [-0.1, -0.05) is 38.4 Å². The largest absolute Gasteiger partial charge is 0.416 e. The molecule has 0 bridgehead atoms. The molecule has 0 radical (unpaired) electrons. The summed E-state index contributed by atoms with van der Waals surface area (Å²) in [5.41, 5.74) is -0.629. The monoisotopic (exact) mass is 406 g/mol. The van der Waals surface area contributed by atoms with Crippen molar-refractivity contribution in [2.45, 2.75) is 33.0 Å². The third-order valence-electron chi connectivity index (χ3n) is 3.95. The van der Waals surface area contributed by atoms with Gasteiger partial charge in [0, 0.05) is 37.2 Å². The number of rotatable bonds is 2. The molecule has 0 aliphatic carbocycles. The van der Waals surface area contributed by atoms with Crippen LogP contribution >= 0.6 is 36.4 Å². The van der Waals surface area contributed by atoms with Crippen LogP contribution in [0.25, 0.3) is 0 Å². The van der Waals surface area contributed by atoms with Crippen molar-refractivity contribution in [3.8, 4) is 0 Å². The van der Waals surface area contributed by atoms with Crippen LogP contribution in [0.2, 0.25) is 5.02 Å². The molecule has 0 aromatic heterocycles. The van der Waals surface area contributed by atoms with Gasteiger partial charge in [-0.15, -0.1) is 24.8 Å². The molecule has 140 valence electrons. The van der Waals surface area contributed by atoms with Crippen molar-refractivity contribution >= 4 is 36.4 Å². The van der Waals surface area contributed by atoms with Gasteiger partial charge in [-0.2, -0.15) is 13.2 Å². The maximum absolute atomic E-state index is 13.5. The van der Waals surface area contributed by atoms with Crippen molar-refractivity contribution in [1.82, 2.24) is 10.2 Å². The zero-order chi connectivity index (χ0) is 16.5. The SMILES string of the molecule is CC(C)(C)[C@H](c1ccc(Cl)cc1C(F)(F)F)N1CCNCC1.Cl.Cl.